The van der Waals surface area contributed by atoms with E-state index in [1.807, 2.05) is 32.2 Å². The maximum Gasteiger partial charge on any atom is 0.224 e. The second-order valence-corrected chi connectivity index (χ2v) is 7.46. The van der Waals surface area contributed by atoms with E-state index in [0.29, 0.717) is 35.8 Å². The van der Waals surface area contributed by atoms with Crippen molar-refractivity contribution in [3.8, 4) is 17.0 Å². The van der Waals surface area contributed by atoms with Crippen molar-refractivity contribution in [2.24, 2.45) is 5.92 Å². The molecule has 0 bridgehead atoms. The van der Waals surface area contributed by atoms with Gasteiger partial charge in [-0.25, -0.2) is 4.98 Å². The normalized spacial score (nSPS) is 19.3. The first-order valence-electron chi connectivity index (χ1n) is 9.54. The van der Waals surface area contributed by atoms with Gasteiger partial charge in [0.15, 0.2) is 0 Å². The number of aromatic nitrogens is 4. The van der Waals surface area contributed by atoms with Crippen LogP contribution in [0.2, 0.25) is 0 Å². The molecule has 6 heteroatoms. The molecule has 3 heterocycles. The molecule has 1 saturated carbocycles. The van der Waals surface area contributed by atoms with Crippen molar-refractivity contribution >= 4 is 0 Å². The van der Waals surface area contributed by atoms with E-state index in [0.717, 1.165) is 23.2 Å². The first-order chi connectivity index (χ1) is 13.5. The number of aliphatic hydroxyl groups is 1. The maximum absolute atomic E-state index is 9.65. The molecule has 28 heavy (non-hydrogen) atoms. The number of ether oxygens (including phenoxy) is 1. The summed E-state index contributed by atoms with van der Waals surface area (Å²) in [6.07, 6.45) is 5.89. The van der Waals surface area contributed by atoms with E-state index in [9.17, 15) is 5.11 Å². The molecule has 3 aromatic heterocycles. The zero-order chi connectivity index (χ0) is 19.7. The fourth-order valence-electron chi connectivity index (χ4n) is 3.25. The van der Waals surface area contributed by atoms with Gasteiger partial charge in [-0.05, 0) is 44.9 Å². The van der Waals surface area contributed by atoms with Crippen LogP contribution in [0, 0.1) is 19.8 Å². The van der Waals surface area contributed by atoms with Crippen molar-refractivity contribution < 1.29 is 9.84 Å². The van der Waals surface area contributed by atoms with Gasteiger partial charge >= 0.3 is 0 Å². The van der Waals surface area contributed by atoms with E-state index in [1.54, 1.807) is 19.3 Å². The first kappa shape index (κ1) is 18.5. The van der Waals surface area contributed by atoms with E-state index in [1.165, 1.54) is 5.56 Å². The Morgan fingerprint density at radius 1 is 1.07 bits per heavy atom. The third-order valence-corrected chi connectivity index (χ3v) is 5.07. The summed E-state index contributed by atoms with van der Waals surface area (Å²) in [6.45, 7) is 6.19. The van der Waals surface area contributed by atoms with Gasteiger partial charge in [0.05, 0.1) is 24.0 Å². The van der Waals surface area contributed by atoms with Crippen LogP contribution in [0.1, 0.15) is 48.1 Å². The van der Waals surface area contributed by atoms with Crippen LogP contribution < -0.4 is 4.74 Å². The molecule has 0 radical (unpaired) electrons. The van der Waals surface area contributed by atoms with Crippen LogP contribution in [-0.4, -0.2) is 31.6 Å². The minimum Gasteiger partial charge on any atom is -0.477 e. The summed E-state index contributed by atoms with van der Waals surface area (Å²) < 4.78 is 6.09. The molecular formula is C22H24N4O2. The fourth-order valence-corrected chi connectivity index (χ4v) is 3.25. The molecule has 3 aromatic rings. The molecule has 0 spiro atoms. The molecule has 144 valence electrons. The maximum atomic E-state index is 9.65. The second kappa shape index (κ2) is 7.64. The monoisotopic (exact) mass is 376 g/mol. The Balaban J connectivity index is 1.47. The molecule has 1 aliphatic rings. The van der Waals surface area contributed by atoms with Crippen molar-refractivity contribution in [1.29, 1.82) is 0 Å². The van der Waals surface area contributed by atoms with Crippen molar-refractivity contribution in [1.82, 2.24) is 19.9 Å². The van der Waals surface area contributed by atoms with Crippen LogP contribution in [0.4, 0.5) is 0 Å². The lowest BCUT2D eigenvalue weighted by Crippen LogP contribution is -2.06. The summed E-state index contributed by atoms with van der Waals surface area (Å²) >= 11 is 0. The van der Waals surface area contributed by atoms with E-state index in [-0.39, 0.29) is 0 Å². The number of aliphatic hydroxyl groups excluding tert-OH is 1. The van der Waals surface area contributed by atoms with Gasteiger partial charge in [-0.3, -0.25) is 9.97 Å². The van der Waals surface area contributed by atoms with E-state index in [4.69, 9.17) is 4.74 Å². The van der Waals surface area contributed by atoms with Crippen LogP contribution in [-0.2, 0) is 0 Å². The van der Waals surface area contributed by atoms with Crippen LogP contribution in [0.5, 0.6) is 5.88 Å². The fraction of sp³-hybridized carbons (Fsp3) is 0.364. The van der Waals surface area contributed by atoms with Gasteiger partial charge in [0, 0.05) is 41.7 Å². The van der Waals surface area contributed by atoms with Crippen molar-refractivity contribution in [3.63, 3.8) is 0 Å². The summed E-state index contributed by atoms with van der Waals surface area (Å²) in [4.78, 5) is 17.7. The Kier molecular flexibility index (Phi) is 5.05. The lowest BCUT2D eigenvalue weighted by atomic mass is 10.1. The predicted octanol–water partition coefficient (Wildman–Crippen LogP) is 3.79. The summed E-state index contributed by atoms with van der Waals surface area (Å²) in [7, 11) is 0. The Morgan fingerprint density at radius 2 is 1.93 bits per heavy atom. The minimum absolute atomic E-state index is 0.453. The largest absolute Gasteiger partial charge is 0.477 e. The molecule has 1 fully saturated rings. The number of rotatable bonds is 6. The average molecular weight is 376 g/mol. The summed E-state index contributed by atoms with van der Waals surface area (Å²) in [5.74, 6) is 2.15. The summed E-state index contributed by atoms with van der Waals surface area (Å²) in [5, 5.41) is 9.65. The van der Waals surface area contributed by atoms with Crippen molar-refractivity contribution in [3.05, 3.63) is 65.6 Å². The smallest absolute Gasteiger partial charge is 0.224 e. The molecule has 3 atom stereocenters. The second-order valence-electron chi connectivity index (χ2n) is 7.46. The molecule has 0 aromatic carbocycles. The third-order valence-electron chi connectivity index (χ3n) is 5.07. The zero-order valence-corrected chi connectivity index (χ0v) is 16.3. The van der Waals surface area contributed by atoms with Crippen LogP contribution in [0.15, 0.2) is 42.9 Å². The molecule has 4 rings (SSSR count). The van der Waals surface area contributed by atoms with Gasteiger partial charge in [0.25, 0.3) is 0 Å². The van der Waals surface area contributed by atoms with Gasteiger partial charge < -0.3 is 9.84 Å². The Morgan fingerprint density at radius 3 is 2.61 bits per heavy atom. The third kappa shape index (κ3) is 4.02. The highest BCUT2D eigenvalue weighted by Gasteiger charge is 2.40. The standard InChI is InChI=1S/C22H24N4O2/c1-13-4-6-21(24-9-13)18-8-17(18)12-28-22-19(11-23-15(3)26-22)16-5-7-20(14(2)27)25-10-16/h4-7,9-11,14,17-18,27H,8,12H2,1-3H3. The molecule has 1 N–H and O–H groups in total. The lowest BCUT2D eigenvalue weighted by Gasteiger charge is -2.11. The molecule has 6 nitrogen and oxygen atoms in total. The van der Waals surface area contributed by atoms with E-state index in [2.05, 4.69) is 32.1 Å². The van der Waals surface area contributed by atoms with Gasteiger partial charge in [-0.1, -0.05) is 12.1 Å². The van der Waals surface area contributed by atoms with Crippen LogP contribution >= 0.6 is 0 Å². The molecule has 3 unspecified atom stereocenters. The number of aryl methyl sites for hydroxylation is 2. The molecule has 1 aliphatic carbocycles. The molecule has 0 amide bonds. The highest BCUT2D eigenvalue weighted by molar-refractivity contribution is 5.66. The Hall–Kier alpha value is -2.86. The topological polar surface area (TPSA) is 81.0 Å². The number of hydrogen-bond donors (Lipinski definition) is 1. The Bertz CT molecular complexity index is 955. The average Bonchev–Trinajstić information content (AvgIpc) is 3.47. The van der Waals surface area contributed by atoms with Crippen molar-refractivity contribution in [2.75, 3.05) is 6.61 Å². The van der Waals surface area contributed by atoms with Gasteiger partial charge in [-0.15, -0.1) is 0 Å². The number of nitrogens with zero attached hydrogens (tertiary/aromatic N) is 4. The SMILES string of the molecule is Cc1ccc(C2CC2COc2nc(C)ncc2-c2ccc(C(C)O)nc2)nc1. The zero-order valence-electron chi connectivity index (χ0n) is 16.3. The quantitative estimate of drug-likeness (QED) is 0.705. The minimum atomic E-state index is -0.596. The van der Waals surface area contributed by atoms with Crippen molar-refractivity contribution in [2.45, 2.75) is 39.2 Å². The van der Waals surface area contributed by atoms with Gasteiger partial charge in [-0.2, -0.15) is 4.98 Å². The molecular weight excluding hydrogens is 352 g/mol. The summed E-state index contributed by atoms with van der Waals surface area (Å²) in [5.41, 5.74) is 4.61. The summed E-state index contributed by atoms with van der Waals surface area (Å²) in [6, 6.07) is 7.93. The number of hydrogen-bond acceptors (Lipinski definition) is 6. The molecule has 0 saturated heterocycles. The van der Waals surface area contributed by atoms with E-state index >= 15 is 0 Å². The van der Waals surface area contributed by atoms with Gasteiger partial charge in [0.2, 0.25) is 5.88 Å². The first-order valence-corrected chi connectivity index (χ1v) is 9.54. The Labute approximate surface area is 164 Å². The highest BCUT2D eigenvalue weighted by atomic mass is 16.5. The van der Waals surface area contributed by atoms with Crippen LogP contribution in [0.25, 0.3) is 11.1 Å². The predicted molar refractivity (Wildman–Crippen MR) is 106 cm³/mol. The van der Waals surface area contributed by atoms with E-state index < -0.39 is 6.10 Å². The number of pyridine rings is 2. The van der Waals surface area contributed by atoms with Crippen LogP contribution in [0.3, 0.4) is 0 Å². The molecule has 0 aliphatic heterocycles. The highest BCUT2D eigenvalue weighted by Crippen LogP contribution is 2.47. The lowest BCUT2D eigenvalue weighted by molar-refractivity contribution is 0.194. The van der Waals surface area contributed by atoms with Gasteiger partial charge in [0.1, 0.15) is 5.82 Å².